The average molecular weight is 344 g/mol. The van der Waals surface area contributed by atoms with Crippen molar-refractivity contribution >= 4 is 11.8 Å². The number of carbonyl (C=O) groups excluding carboxylic acids is 2. The number of nitrogens with zero attached hydrogens (tertiary/aromatic N) is 4. The number of aromatic nitrogens is 2. The zero-order valence-corrected chi connectivity index (χ0v) is 13.5. The minimum absolute atomic E-state index is 0.178. The quantitative estimate of drug-likeness (QED) is 0.766. The number of alkyl halides is 1. The van der Waals surface area contributed by atoms with E-state index in [1.807, 2.05) is 6.07 Å². The van der Waals surface area contributed by atoms with Crippen LogP contribution in [0.4, 0.5) is 4.39 Å². The van der Waals surface area contributed by atoms with Crippen LogP contribution in [0.15, 0.2) is 35.0 Å². The van der Waals surface area contributed by atoms with Crippen LogP contribution in [0, 0.1) is 0 Å². The molecule has 1 saturated carbocycles. The van der Waals surface area contributed by atoms with E-state index >= 15 is 0 Å². The molecule has 25 heavy (non-hydrogen) atoms. The molecule has 1 aliphatic carbocycles. The minimum atomic E-state index is -0.737. The molecule has 0 atom stereocenters. The summed E-state index contributed by atoms with van der Waals surface area (Å²) < 4.78 is 18.4. The Hall–Kier alpha value is -2.77. The molecule has 0 spiro atoms. The lowest BCUT2D eigenvalue weighted by molar-refractivity contribution is -0.159. The Morgan fingerprint density at radius 1 is 1.20 bits per heavy atom. The van der Waals surface area contributed by atoms with Gasteiger partial charge in [0.25, 0.3) is 0 Å². The Morgan fingerprint density at radius 2 is 2.04 bits per heavy atom. The Kier molecular flexibility index (Phi) is 3.74. The first-order chi connectivity index (χ1) is 12.1. The number of rotatable bonds is 5. The maximum Gasteiger partial charge on any atom is 0.312 e. The SMILES string of the molecule is O=C1C(=O)N(C2(CF)CC2)CCN1Cc1cc(-c2ccccn2)on1. The Bertz CT molecular complexity index is 803. The van der Waals surface area contributed by atoms with Gasteiger partial charge in [-0.1, -0.05) is 11.2 Å². The van der Waals surface area contributed by atoms with E-state index in [-0.39, 0.29) is 6.54 Å². The Balaban J connectivity index is 1.45. The van der Waals surface area contributed by atoms with Gasteiger partial charge in [0, 0.05) is 25.4 Å². The average Bonchev–Trinajstić information content (AvgIpc) is 3.30. The number of hydrogen-bond donors (Lipinski definition) is 0. The number of amides is 2. The van der Waals surface area contributed by atoms with Crippen LogP contribution in [0.1, 0.15) is 18.5 Å². The normalized spacial score (nSPS) is 19.4. The van der Waals surface area contributed by atoms with E-state index in [1.165, 1.54) is 9.80 Å². The second-order valence-corrected chi connectivity index (χ2v) is 6.44. The van der Waals surface area contributed by atoms with E-state index in [0.717, 1.165) is 0 Å². The fourth-order valence-corrected chi connectivity index (χ4v) is 3.11. The van der Waals surface area contributed by atoms with Gasteiger partial charge in [-0.2, -0.15) is 0 Å². The monoisotopic (exact) mass is 344 g/mol. The second-order valence-electron chi connectivity index (χ2n) is 6.44. The van der Waals surface area contributed by atoms with Gasteiger partial charge < -0.3 is 14.3 Å². The molecule has 2 aromatic rings. The highest BCUT2D eigenvalue weighted by atomic mass is 19.1. The molecular formula is C17H17FN4O3. The lowest BCUT2D eigenvalue weighted by atomic mass is 10.1. The number of halogens is 1. The maximum absolute atomic E-state index is 13.2. The van der Waals surface area contributed by atoms with Crippen molar-refractivity contribution in [3.63, 3.8) is 0 Å². The first-order valence-corrected chi connectivity index (χ1v) is 8.17. The van der Waals surface area contributed by atoms with E-state index in [2.05, 4.69) is 10.1 Å². The van der Waals surface area contributed by atoms with Crippen LogP contribution >= 0.6 is 0 Å². The Labute approximate surface area is 143 Å². The van der Waals surface area contributed by atoms with Crippen LogP contribution in [0.3, 0.4) is 0 Å². The number of carbonyl (C=O) groups is 2. The van der Waals surface area contributed by atoms with E-state index in [9.17, 15) is 14.0 Å². The molecule has 1 aliphatic heterocycles. The molecule has 1 saturated heterocycles. The van der Waals surface area contributed by atoms with Gasteiger partial charge in [-0.25, -0.2) is 4.39 Å². The second kappa shape index (κ2) is 5.94. The first kappa shape index (κ1) is 15.7. The van der Waals surface area contributed by atoms with Gasteiger partial charge in [-0.05, 0) is 25.0 Å². The zero-order valence-electron chi connectivity index (χ0n) is 13.5. The van der Waals surface area contributed by atoms with Crippen molar-refractivity contribution in [1.82, 2.24) is 19.9 Å². The largest absolute Gasteiger partial charge is 0.354 e. The van der Waals surface area contributed by atoms with Crippen molar-refractivity contribution in [2.75, 3.05) is 19.8 Å². The summed E-state index contributed by atoms with van der Waals surface area (Å²) in [5, 5.41) is 3.95. The highest BCUT2D eigenvalue weighted by molar-refractivity contribution is 6.35. The van der Waals surface area contributed by atoms with Gasteiger partial charge in [-0.3, -0.25) is 14.6 Å². The minimum Gasteiger partial charge on any atom is -0.354 e. The fraction of sp³-hybridized carbons (Fsp3) is 0.412. The predicted molar refractivity (Wildman–Crippen MR) is 84.8 cm³/mol. The summed E-state index contributed by atoms with van der Waals surface area (Å²) in [6, 6.07) is 7.14. The van der Waals surface area contributed by atoms with Gasteiger partial charge in [0.2, 0.25) is 0 Å². The summed E-state index contributed by atoms with van der Waals surface area (Å²) in [7, 11) is 0. The van der Waals surface area contributed by atoms with Crippen molar-refractivity contribution in [1.29, 1.82) is 0 Å². The highest BCUT2D eigenvalue weighted by Gasteiger charge is 2.53. The molecule has 0 N–H and O–H groups in total. The molecule has 8 heteroatoms. The van der Waals surface area contributed by atoms with Gasteiger partial charge in [0.15, 0.2) is 5.76 Å². The third-order valence-corrected chi connectivity index (χ3v) is 4.79. The van der Waals surface area contributed by atoms with Crippen LogP contribution in [0.5, 0.6) is 0 Å². The standard InChI is InChI=1S/C17H17FN4O3/c18-11-17(4-5-17)22-8-7-21(15(23)16(22)24)10-12-9-14(25-20-12)13-3-1-2-6-19-13/h1-3,6,9H,4-5,7-8,10-11H2. The highest BCUT2D eigenvalue weighted by Crippen LogP contribution is 2.43. The molecule has 0 bridgehead atoms. The number of piperazine rings is 1. The van der Waals surface area contributed by atoms with Gasteiger partial charge in [0.1, 0.15) is 18.1 Å². The molecule has 0 unspecified atom stereocenters. The van der Waals surface area contributed by atoms with E-state index < -0.39 is 24.0 Å². The first-order valence-electron chi connectivity index (χ1n) is 8.17. The molecule has 2 aliphatic rings. The smallest absolute Gasteiger partial charge is 0.312 e. The Morgan fingerprint density at radius 3 is 2.72 bits per heavy atom. The molecule has 130 valence electrons. The van der Waals surface area contributed by atoms with Crippen LogP contribution in [-0.2, 0) is 16.1 Å². The molecular weight excluding hydrogens is 327 g/mol. The molecule has 2 amide bonds. The molecule has 0 aromatic carbocycles. The van der Waals surface area contributed by atoms with E-state index in [0.29, 0.717) is 43.1 Å². The summed E-state index contributed by atoms with van der Waals surface area (Å²) in [5.41, 5.74) is 0.452. The van der Waals surface area contributed by atoms with Crippen LogP contribution in [-0.4, -0.2) is 57.1 Å². The van der Waals surface area contributed by atoms with Gasteiger partial charge in [0.05, 0.1) is 12.1 Å². The van der Waals surface area contributed by atoms with Crippen LogP contribution in [0.2, 0.25) is 0 Å². The van der Waals surface area contributed by atoms with Crippen molar-refractivity contribution in [2.45, 2.75) is 24.9 Å². The van der Waals surface area contributed by atoms with Crippen LogP contribution in [0.25, 0.3) is 11.5 Å². The van der Waals surface area contributed by atoms with Gasteiger partial charge in [-0.15, -0.1) is 0 Å². The summed E-state index contributed by atoms with van der Waals surface area (Å²) >= 11 is 0. The molecule has 2 aromatic heterocycles. The zero-order chi connectivity index (χ0) is 17.4. The molecule has 0 radical (unpaired) electrons. The topological polar surface area (TPSA) is 79.5 Å². The fourth-order valence-electron chi connectivity index (χ4n) is 3.11. The number of pyridine rings is 1. The molecule has 7 nitrogen and oxygen atoms in total. The third kappa shape index (κ3) is 2.77. The molecule has 2 fully saturated rings. The maximum atomic E-state index is 13.2. The summed E-state index contributed by atoms with van der Waals surface area (Å²) in [6.45, 7) is 0.289. The summed E-state index contributed by atoms with van der Waals surface area (Å²) in [5.74, 6) is -0.745. The summed E-state index contributed by atoms with van der Waals surface area (Å²) in [6.07, 6.45) is 2.90. The lowest BCUT2D eigenvalue weighted by Crippen LogP contribution is -2.58. The van der Waals surface area contributed by atoms with E-state index in [4.69, 9.17) is 4.52 Å². The van der Waals surface area contributed by atoms with Crippen molar-refractivity contribution < 1.29 is 18.5 Å². The van der Waals surface area contributed by atoms with Crippen molar-refractivity contribution in [3.05, 3.63) is 36.2 Å². The number of hydrogen-bond acceptors (Lipinski definition) is 5. The van der Waals surface area contributed by atoms with E-state index in [1.54, 1.807) is 24.4 Å². The van der Waals surface area contributed by atoms with Crippen LogP contribution < -0.4 is 0 Å². The van der Waals surface area contributed by atoms with Crippen molar-refractivity contribution in [2.24, 2.45) is 0 Å². The molecule has 4 rings (SSSR count). The van der Waals surface area contributed by atoms with Crippen molar-refractivity contribution in [3.8, 4) is 11.5 Å². The third-order valence-electron chi connectivity index (χ3n) is 4.79. The summed E-state index contributed by atoms with van der Waals surface area (Å²) in [4.78, 5) is 31.7. The lowest BCUT2D eigenvalue weighted by Gasteiger charge is -2.37. The van der Waals surface area contributed by atoms with Gasteiger partial charge >= 0.3 is 11.8 Å². The predicted octanol–water partition coefficient (Wildman–Crippen LogP) is 1.41. The molecule has 3 heterocycles.